The number of ether oxygens (including phenoxy) is 1. The largest absolute Gasteiger partial charge is 0.469 e. The lowest BCUT2D eigenvalue weighted by Gasteiger charge is -2.16. The first-order valence-electron chi connectivity index (χ1n) is 5.48. The maximum absolute atomic E-state index is 13.3. The van der Waals surface area contributed by atoms with Gasteiger partial charge in [-0.2, -0.15) is 0 Å². The van der Waals surface area contributed by atoms with E-state index in [0.29, 0.717) is 13.0 Å². The maximum atomic E-state index is 13.3. The predicted molar refractivity (Wildman–Crippen MR) is 62.4 cm³/mol. The van der Waals surface area contributed by atoms with Crippen LogP contribution in [0.4, 0.5) is 4.39 Å². The molecule has 0 aromatic carbocycles. The van der Waals surface area contributed by atoms with Gasteiger partial charge in [-0.15, -0.1) is 0 Å². The van der Waals surface area contributed by atoms with E-state index in [-0.39, 0.29) is 18.0 Å². The number of halogens is 1. The Morgan fingerprint density at radius 1 is 1.50 bits per heavy atom. The van der Waals surface area contributed by atoms with E-state index in [1.807, 2.05) is 0 Å². The van der Waals surface area contributed by atoms with Gasteiger partial charge in [0.25, 0.3) is 5.91 Å². The fraction of sp³-hybridized carbons (Fsp3) is 0.417. The minimum absolute atomic E-state index is 0.0226. The zero-order valence-electron chi connectivity index (χ0n) is 10.4. The average Bonchev–Trinajstić information content (AvgIpc) is 2.38. The second-order valence-electron chi connectivity index (χ2n) is 3.76. The van der Waals surface area contributed by atoms with Crippen LogP contribution in [0.5, 0.6) is 0 Å². The lowest BCUT2D eigenvalue weighted by Crippen LogP contribution is -2.29. The Kier molecular flexibility index (Phi) is 5.23. The summed E-state index contributed by atoms with van der Waals surface area (Å²) in [4.78, 5) is 27.7. The van der Waals surface area contributed by atoms with Gasteiger partial charge in [-0.25, -0.2) is 4.39 Å². The van der Waals surface area contributed by atoms with Gasteiger partial charge >= 0.3 is 5.97 Å². The van der Waals surface area contributed by atoms with Gasteiger partial charge in [-0.05, 0) is 12.5 Å². The molecule has 0 unspecified atom stereocenters. The van der Waals surface area contributed by atoms with Gasteiger partial charge in [-0.1, -0.05) is 0 Å². The zero-order chi connectivity index (χ0) is 13.5. The van der Waals surface area contributed by atoms with Crippen molar-refractivity contribution in [3.63, 3.8) is 0 Å². The fourth-order valence-corrected chi connectivity index (χ4v) is 1.42. The molecule has 0 N–H and O–H groups in total. The molecule has 1 rings (SSSR count). The third kappa shape index (κ3) is 3.80. The normalized spacial score (nSPS) is 9.94. The minimum Gasteiger partial charge on any atom is -0.469 e. The van der Waals surface area contributed by atoms with Crippen molar-refractivity contribution in [3.05, 3.63) is 29.8 Å². The zero-order valence-corrected chi connectivity index (χ0v) is 10.4. The molecule has 5 nitrogen and oxygen atoms in total. The summed E-state index contributed by atoms with van der Waals surface area (Å²) in [6.45, 7) is 0.357. The Morgan fingerprint density at radius 3 is 2.83 bits per heavy atom. The van der Waals surface area contributed by atoms with E-state index in [2.05, 4.69) is 9.72 Å². The van der Waals surface area contributed by atoms with E-state index in [4.69, 9.17) is 0 Å². The Hall–Kier alpha value is -1.98. The number of aromatic nitrogens is 1. The van der Waals surface area contributed by atoms with Crippen LogP contribution in [0.25, 0.3) is 0 Å². The van der Waals surface area contributed by atoms with Crippen molar-refractivity contribution in [2.75, 3.05) is 20.7 Å². The SMILES string of the molecule is COC(=O)CCCN(C)C(=O)c1ccncc1F. The highest BCUT2D eigenvalue weighted by molar-refractivity contribution is 5.94. The van der Waals surface area contributed by atoms with Crippen molar-refractivity contribution < 1.29 is 18.7 Å². The van der Waals surface area contributed by atoms with Crippen LogP contribution in [-0.4, -0.2) is 42.5 Å². The van der Waals surface area contributed by atoms with Crippen molar-refractivity contribution in [3.8, 4) is 0 Å². The number of amides is 1. The van der Waals surface area contributed by atoms with E-state index in [0.717, 1.165) is 6.20 Å². The summed E-state index contributed by atoms with van der Waals surface area (Å²) in [6.07, 6.45) is 3.06. The number of esters is 1. The quantitative estimate of drug-likeness (QED) is 0.742. The number of rotatable bonds is 5. The van der Waals surface area contributed by atoms with E-state index >= 15 is 0 Å². The molecule has 1 aromatic heterocycles. The van der Waals surface area contributed by atoms with Gasteiger partial charge in [0.05, 0.1) is 18.9 Å². The smallest absolute Gasteiger partial charge is 0.305 e. The van der Waals surface area contributed by atoms with Crippen molar-refractivity contribution in [2.24, 2.45) is 0 Å². The summed E-state index contributed by atoms with van der Waals surface area (Å²) in [5.74, 6) is -1.41. The number of hydrogen-bond donors (Lipinski definition) is 0. The van der Waals surface area contributed by atoms with Gasteiger partial charge in [0.1, 0.15) is 0 Å². The van der Waals surface area contributed by atoms with E-state index in [9.17, 15) is 14.0 Å². The summed E-state index contributed by atoms with van der Waals surface area (Å²) in [7, 11) is 2.86. The highest BCUT2D eigenvalue weighted by atomic mass is 19.1. The summed E-state index contributed by atoms with van der Waals surface area (Å²) in [5.41, 5.74) is -0.0226. The van der Waals surface area contributed by atoms with Crippen molar-refractivity contribution >= 4 is 11.9 Å². The fourth-order valence-electron chi connectivity index (χ4n) is 1.42. The lowest BCUT2D eigenvalue weighted by atomic mass is 10.2. The van der Waals surface area contributed by atoms with Crippen molar-refractivity contribution in [1.29, 1.82) is 0 Å². The van der Waals surface area contributed by atoms with Gasteiger partial charge in [0.2, 0.25) is 0 Å². The lowest BCUT2D eigenvalue weighted by molar-refractivity contribution is -0.140. The standard InChI is InChI=1S/C12H15FN2O3/c1-15(7-3-4-11(16)18-2)12(17)9-5-6-14-8-10(9)13/h5-6,8H,3-4,7H2,1-2H3. The number of hydrogen-bond acceptors (Lipinski definition) is 4. The van der Waals surface area contributed by atoms with Crippen LogP contribution in [-0.2, 0) is 9.53 Å². The van der Waals surface area contributed by atoms with Gasteiger partial charge in [-0.3, -0.25) is 14.6 Å². The van der Waals surface area contributed by atoms with Crippen LogP contribution in [0.2, 0.25) is 0 Å². The van der Waals surface area contributed by atoms with E-state index in [1.165, 1.54) is 24.3 Å². The molecule has 18 heavy (non-hydrogen) atoms. The second kappa shape index (κ2) is 6.68. The molecule has 1 amide bonds. The van der Waals surface area contributed by atoms with Gasteiger partial charge in [0, 0.05) is 26.2 Å². The first-order chi connectivity index (χ1) is 8.56. The Labute approximate surface area is 105 Å². The van der Waals surface area contributed by atoms with Crippen LogP contribution in [0.1, 0.15) is 23.2 Å². The van der Waals surface area contributed by atoms with Gasteiger partial charge < -0.3 is 9.64 Å². The Balaban J connectivity index is 2.52. The molecule has 0 spiro atoms. The van der Waals surface area contributed by atoms with Crippen LogP contribution >= 0.6 is 0 Å². The maximum Gasteiger partial charge on any atom is 0.305 e. The molecule has 98 valence electrons. The first-order valence-corrected chi connectivity index (χ1v) is 5.48. The molecule has 0 aliphatic carbocycles. The number of pyridine rings is 1. The highest BCUT2D eigenvalue weighted by Gasteiger charge is 2.15. The molecule has 0 atom stereocenters. The molecule has 1 heterocycles. The second-order valence-corrected chi connectivity index (χ2v) is 3.76. The molecule has 6 heteroatoms. The first kappa shape index (κ1) is 14.1. The molecule has 1 aromatic rings. The van der Waals surface area contributed by atoms with Crippen LogP contribution in [0, 0.1) is 5.82 Å². The Bertz CT molecular complexity index is 437. The molecule has 0 aliphatic rings. The van der Waals surface area contributed by atoms with Crippen LogP contribution in [0.15, 0.2) is 18.5 Å². The summed E-state index contributed by atoms with van der Waals surface area (Å²) in [6, 6.07) is 1.33. The topological polar surface area (TPSA) is 59.5 Å². The Morgan fingerprint density at radius 2 is 2.22 bits per heavy atom. The molecule has 0 radical (unpaired) electrons. The van der Waals surface area contributed by atoms with Crippen LogP contribution in [0.3, 0.4) is 0 Å². The molecular formula is C12H15FN2O3. The number of methoxy groups -OCH3 is 1. The van der Waals surface area contributed by atoms with E-state index < -0.39 is 11.7 Å². The predicted octanol–water partition coefficient (Wildman–Crippen LogP) is 1.25. The third-order valence-corrected chi connectivity index (χ3v) is 2.45. The molecule has 0 fully saturated rings. The molecule has 0 aliphatic heterocycles. The number of nitrogens with zero attached hydrogens (tertiary/aromatic N) is 2. The third-order valence-electron chi connectivity index (χ3n) is 2.45. The molecular weight excluding hydrogens is 239 g/mol. The molecule has 0 saturated carbocycles. The summed E-state index contributed by atoms with van der Waals surface area (Å²) < 4.78 is 17.8. The monoisotopic (exact) mass is 254 g/mol. The van der Waals surface area contributed by atoms with Gasteiger partial charge in [0.15, 0.2) is 5.82 Å². The molecule has 0 saturated heterocycles. The minimum atomic E-state index is -0.651. The summed E-state index contributed by atoms with van der Waals surface area (Å²) in [5, 5.41) is 0. The van der Waals surface area contributed by atoms with Crippen LogP contribution < -0.4 is 0 Å². The van der Waals surface area contributed by atoms with Crippen molar-refractivity contribution in [2.45, 2.75) is 12.8 Å². The summed E-state index contributed by atoms with van der Waals surface area (Å²) >= 11 is 0. The average molecular weight is 254 g/mol. The van der Waals surface area contributed by atoms with Crippen molar-refractivity contribution in [1.82, 2.24) is 9.88 Å². The highest BCUT2D eigenvalue weighted by Crippen LogP contribution is 2.08. The number of carbonyl (C=O) groups is 2. The number of carbonyl (C=O) groups excluding carboxylic acids is 2. The molecule has 0 bridgehead atoms. The van der Waals surface area contributed by atoms with E-state index in [1.54, 1.807) is 7.05 Å².